The van der Waals surface area contributed by atoms with E-state index >= 15 is 0 Å². The van der Waals surface area contributed by atoms with E-state index in [0.29, 0.717) is 5.82 Å². The number of nitrogens with two attached hydrogens (primary N) is 1. The van der Waals surface area contributed by atoms with Crippen molar-refractivity contribution in [2.45, 2.75) is 31.3 Å². The Balaban J connectivity index is 2.01. The van der Waals surface area contributed by atoms with Gasteiger partial charge in [0.15, 0.2) is 11.6 Å². The molecule has 1 saturated carbocycles. The van der Waals surface area contributed by atoms with Crippen molar-refractivity contribution in [3.8, 4) is 11.5 Å². The predicted octanol–water partition coefficient (Wildman–Crippen LogP) is 3.01. The number of ether oxygens (including phenoxy) is 1. The van der Waals surface area contributed by atoms with Crippen LogP contribution in [0, 0.1) is 11.6 Å². The lowest BCUT2D eigenvalue weighted by Gasteiger charge is -2.22. The second-order valence-corrected chi connectivity index (χ2v) is 5.18. The molecule has 0 spiro atoms. The van der Waals surface area contributed by atoms with E-state index in [4.69, 9.17) is 15.0 Å². The Hall–Kier alpha value is -2.02. The summed E-state index contributed by atoms with van der Waals surface area (Å²) >= 11 is 0. The molecular weight excluding hydrogens is 280 g/mol. The lowest BCUT2D eigenvalue weighted by atomic mass is 10.0. The molecule has 3 rings (SSSR count). The summed E-state index contributed by atoms with van der Waals surface area (Å²) in [6.45, 7) is 0. The van der Waals surface area contributed by atoms with Crippen molar-refractivity contribution in [2.24, 2.45) is 0 Å². The third-order valence-corrected chi connectivity index (χ3v) is 3.96. The Bertz CT molecular complexity index is 666. The molecule has 1 aromatic heterocycles. The third-order valence-electron chi connectivity index (χ3n) is 3.96. The van der Waals surface area contributed by atoms with Gasteiger partial charge in [-0.15, -0.1) is 0 Å². The molecule has 5 nitrogen and oxygen atoms in total. The van der Waals surface area contributed by atoms with Gasteiger partial charge in [-0.05, 0) is 31.7 Å². The average molecular weight is 295 g/mol. The quantitative estimate of drug-likeness (QED) is 0.881. The summed E-state index contributed by atoms with van der Waals surface area (Å²) in [4.78, 5) is 4.27. The van der Waals surface area contributed by atoms with E-state index in [-0.39, 0.29) is 17.1 Å². The number of methoxy groups -OCH3 is 1. The van der Waals surface area contributed by atoms with Gasteiger partial charge in [-0.1, -0.05) is 5.16 Å². The smallest absolute Gasteiger partial charge is 0.260 e. The van der Waals surface area contributed by atoms with Crippen LogP contribution < -0.4 is 5.73 Å². The summed E-state index contributed by atoms with van der Waals surface area (Å²) < 4.78 is 37.2. The number of halogens is 2. The molecule has 1 fully saturated rings. The van der Waals surface area contributed by atoms with Crippen LogP contribution in [0.25, 0.3) is 11.5 Å². The molecule has 0 unspecified atom stereocenters. The van der Waals surface area contributed by atoms with Crippen molar-refractivity contribution in [3.05, 3.63) is 29.6 Å². The molecule has 0 atom stereocenters. The number of hydrogen-bond acceptors (Lipinski definition) is 5. The minimum atomic E-state index is -1.01. The molecule has 0 bridgehead atoms. The van der Waals surface area contributed by atoms with E-state index in [0.717, 1.165) is 37.8 Å². The summed E-state index contributed by atoms with van der Waals surface area (Å²) in [6.07, 6.45) is 3.64. The van der Waals surface area contributed by atoms with Gasteiger partial charge in [-0.3, -0.25) is 0 Å². The molecule has 0 radical (unpaired) electrons. The predicted molar refractivity (Wildman–Crippen MR) is 71.2 cm³/mol. The lowest BCUT2D eigenvalue weighted by molar-refractivity contribution is -0.0178. The molecular formula is C14H15F2N3O2. The number of benzene rings is 1. The summed E-state index contributed by atoms with van der Waals surface area (Å²) in [6, 6.07) is 1.85. The normalized spacial score (nSPS) is 17.3. The van der Waals surface area contributed by atoms with Crippen molar-refractivity contribution < 1.29 is 18.0 Å². The van der Waals surface area contributed by atoms with Gasteiger partial charge >= 0.3 is 0 Å². The maximum Gasteiger partial charge on any atom is 0.260 e. The molecule has 112 valence electrons. The fourth-order valence-corrected chi connectivity index (χ4v) is 2.73. The first kappa shape index (κ1) is 13.9. The van der Waals surface area contributed by atoms with Crippen LogP contribution in [-0.2, 0) is 10.3 Å². The van der Waals surface area contributed by atoms with Gasteiger partial charge in [0.05, 0.1) is 5.56 Å². The number of hydrogen-bond donors (Lipinski definition) is 1. The van der Waals surface area contributed by atoms with Gasteiger partial charge in [-0.25, -0.2) is 8.78 Å². The second kappa shape index (κ2) is 5.07. The van der Waals surface area contributed by atoms with Gasteiger partial charge < -0.3 is 15.0 Å². The maximum atomic E-state index is 13.3. The van der Waals surface area contributed by atoms with Crippen LogP contribution in [0.4, 0.5) is 14.5 Å². The molecule has 2 N–H and O–H groups in total. The zero-order valence-corrected chi connectivity index (χ0v) is 11.5. The van der Waals surface area contributed by atoms with E-state index in [1.54, 1.807) is 7.11 Å². The van der Waals surface area contributed by atoms with Crippen LogP contribution in [0.3, 0.4) is 0 Å². The molecule has 1 aromatic carbocycles. The first-order chi connectivity index (χ1) is 10.1. The number of anilines is 1. The van der Waals surface area contributed by atoms with E-state index < -0.39 is 17.2 Å². The van der Waals surface area contributed by atoms with Crippen molar-refractivity contribution in [1.82, 2.24) is 10.1 Å². The first-order valence-corrected chi connectivity index (χ1v) is 6.70. The van der Waals surface area contributed by atoms with Crippen molar-refractivity contribution in [1.29, 1.82) is 0 Å². The molecule has 2 aromatic rings. The van der Waals surface area contributed by atoms with Crippen LogP contribution in [0.15, 0.2) is 16.7 Å². The molecule has 0 amide bonds. The second-order valence-electron chi connectivity index (χ2n) is 5.18. The summed E-state index contributed by atoms with van der Waals surface area (Å²) in [7, 11) is 1.60. The maximum absolute atomic E-state index is 13.3. The van der Waals surface area contributed by atoms with Gasteiger partial charge in [0.1, 0.15) is 5.60 Å². The van der Waals surface area contributed by atoms with Crippen LogP contribution in [0.2, 0.25) is 0 Å². The number of nitrogen functional groups attached to an aromatic ring is 1. The Labute approximate surface area is 120 Å². The minimum absolute atomic E-state index is 0.0435. The van der Waals surface area contributed by atoms with Gasteiger partial charge in [-0.2, -0.15) is 4.98 Å². The minimum Gasteiger partial charge on any atom is -0.398 e. The van der Waals surface area contributed by atoms with E-state index in [1.807, 2.05) is 0 Å². The zero-order chi connectivity index (χ0) is 15.0. The highest BCUT2D eigenvalue weighted by atomic mass is 19.2. The first-order valence-electron chi connectivity index (χ1n) is 6.70. The molecule has 0 aliphatic heterocycles. The molecule has 7 heteroatoms. The van der Waals surface area contributed by atoms with Gasteiger partial charge in [0.25, 0.3) is 5.89 Å². The molecule has 0 saturated heterocycles. The fraction of sp³-hybridized carbons (Fsp3) is 0.429. The Morgan fingerprint density at radius 2 is 1.90 bits per heavy atom. The van der Waals surface area contributed by atoms with Gasteiger partial charge in [0, 0.05) is 18.9 Å². The molecule has 1 aliphatic rings. The van der Waals surface area contributed by atoms with Crippen molar-refractivity contribution in [2.75, 3.05) is 12.8 Å². The highest BCUT2D eigenvalue weighted by molar-refractivity contribution is 5.70. The number of aromatic nitrogens is 2. The van der Waals surface area contributed by atoms with Crippen molar-refractivity contribution >= 4 is 5.69 Å². The summed E-state index contributed by atoms with van der Waals surface area (Å²) in [5, 5.41) is 3.93. The number of nitrogens with zero attached hydrogens (tertiary/aromatic N) is 2. The summed E-state index contributed by atoms with van der Waals surface area (Å²) in [5.74, 6) is -1.55. The number of rotatable bonds is 3. The lowest BCUT2D eigenvalue weighted by Crippen LogP contribution is -2.25. The average Bonchev–Trinajstić information content (AvgIpc) is 3.12. The largest absolute Gasteiger partial charge is 0.398 e. The van der Waals surface area contributed by atoms with Crippen LogP contribution >= 0.6 is 0 Å². The monoisotopic (exact) mass is 295 g/mol. The molecule has 21 heavy (non-hydrogen) atoms. The highest BCUT2D eigenvalue weighted by Crippen LogP contribution is 2.41. The Morgan fingerprint density at radius 3 is 2.57 bits per heavy atom. The summed E-state index contributed by atoms with van der Waals surface area (Å²) in [5.41, 5.74) is 5.35. The topological polar surface area (TPSA) is 74.2 Å². The van der Waals surface area contributed by atoms with Crippen LogP contribution in [0.1, 0.15) is 31.5 Å². The van der Waals surface area contributed by atoms with Crippen LogP contribution in [0.5, 0.6) is 0 Å². The Morgan fingerprint density at radius 1 is 1.24 bits per heavy atom. The van der Waals surface area contributed by atoms with E-state index in [1.165, 1.54) is 0 Å². The van der Waals surface area contributed by atoms with E-state index in [2.05, 4.69) is 10.1 Å². The van der Waals surface area contributed by atoms with Gasteiger partial charge in [0.2, 0.25) is 5.82 Å². The van der Waals surface area contributed by atoms with Crippen LogP contribution in [-0.4, -0.2) is 17.3 Å². The van der Waals surface area contributed by atoms with Crippen molar-refractivity contribution in [3.63, 3.8) is 0 Å². The standard InChI is InChI=1S/C14H15F2N3O2/c1-20-14(4-2-3-5-14)13-18-12(21-19-13)8-6-9(15)10(16)7-11(8)17/h6-7H,2-5,17H2,1H3. The third kappa shape index (κ3) is 2.27. The van der Waals surface area contributed by atoms with E-state index in [9.17, 15) is 8.78 Å². The fourth-order valence-electron chi connectivity index (χ4n) is 2.73. The highest BCUT2D eigenvalue weighted by Gasteiger charge is 2.40. The molecule has 1 heterocycles. The zero-order valence-electron chi connectivity index (χ0n) is 11.5. The SMILES string of the molecule is COC1(c2noc(-c3cc(F)c(F)cc3N)n2)CCCC1. The molecule has 1 aliphatic carbocycles. The Kier molecular flexibility index (Phi) is 3.36.